The van der Waals surface area contributed by atoms with Gasteiger partial charge in [0.15, 0.2) is 0 Å². The second-order valence-electron chi connectivity index (χ2n) is 7.87. The van der Waals surface area contributed by atoms with Crippen LogP contribution in [-0.4, -0.2) is 29.0 Å². The molecule has 5 nitrogen and oxygen atoms in total. The number of nitrogens with one attached hydrogen (secondary N) is 2. The number of amides is 1. The molecule has 2 aromatic rings. The molecule has 1 aromatic heterocycles. The summed E-state index contributed by atoms with van der Waals surface area (Å²) in [6.45, 7) is 4.46. The maximum atomic E-state index is 12.8. The number of carbonyl (C=O) groups is 1. The topological polar surface area (TPSA) is 63.2 Å². The summed E-state index contributed by atoms with van der Waals surface area (Å²) in [6.07, 6.45) is 8.09. The summed E-state index contributed by atoms with van der Waals surface area (Å²) in [6, 6.07) is 9.16. The molecule has 142 valence electrons. The van der Waals surface area contributed by atoms with Crippen molar-refractivity contribution in [3.8, 4) is 5.75 Å². The van der Waals surface area contributed by atoms with Crippen LogP contribution in [0.2, 0.25) is 0 Å². The lowest BCUT2D eigenvalue weighted by molar-refractivity contribution is 0.0923. The highest BCUT2D eigenvalue weighted by Gasteiger charge is 2.34. The molecule has 2 fully saturated rings. The highest BCUT2D eigenvalue weighted by Crippen LogP contribution is 2.28. The van der Waals surface area contributed by atoms with E-state index in [9.17, 15) is 4.79 Å². The number of aryl methyl sites for hydroxylation is 2. The minimum atomic E-state index is 0.0197. The molecule has 2 unspecified atom stereocenters. The number of rotatable bonds is 5. The van der Waals surface area contributed by atoms with Crippen LogP contribution >= 0.6 is 0 Å². The Morgan fingerprint density at radius 3 is 2.56 bits per heavy atom. The molecular formula is C22H27N3O2. The van der Waals surface area contributed by atoms with Crippen molar-refractivity contribution >= 4 is 5.91 Å². The predicted octanol–water partition coefficient (Wildman–Crippen LogP) is 3.29. The molecule has 1 amide bonds. The van der Waals surface area contributed by atoms with E-state index in [4.69, 9.17) is 4.74 Å². The summed E-state index contributed by atoms with van der Waals surface area (Å²) < 4.78 is 5.99. The van der Waals surface area contributed by atoms with Crippen LogP contribution in [0.4, 0.5) is 0 Å². The lowest BCUT2D eigenvalue weighted by atomic mass is 9.99. The minimum absolute atomic E-state index is 0.0197. The molecule has 2 aliphatic heterocycles. The third kappa shape index (κ3) is 4.14. The van der Waals surface area contributed by atoms with Crippen molar-refractivity contribution in [3.63, 3.8) is 0 Å². The Labute approximate surface area is 160 Å². The van der Waals surface area contributed by atoms with Crippen LogP contribution in [0.5, 0.6) is 5.75 Å². The van der Waals surface area contributed by atoms with E-state index in [-0.39, 0.29) is 11.9 Å². The zero-order valence-electron chi connectivity index (χ0n) is 16.0. The number of hydrogen-bond donors (Lipinski definition) is 2. The molecule has 0 radical (unpaired) electrons. The normalized spacial score (nSPS) is 23.9. The minimum Gasteiger partial charge on any atom is -0.488 e. The van der Waals surface area contributed by atoms with Crippen LogP contribution < -0.4 is 15.4 Å². The summed E-state index contributed by atoms with van der Waals surface area (Å²) in [5, 5.41) is 6.85. The highest BCUT2D eigenvalue weighted by atomic mass is 16.5. The monoisotopic (exact) mass is 365 g/mol. The molecule has 2 bridgehead atoms. The zero-order valence-corrected chi connectivity index (χ0v) is 16.0. The molecule has 2 aliphatic rings. The summed E-state index contributed by atoms with van der Waals surface area (Å²) in [5.41, 5.74) is 3.70. The van der Waals surface area contributed by atoms with Gasteiger partial charge in [-0.15, -0.1) is 0 Å². The van der Waals surface area contributed by atoms with Gasteiger partial charge in [0, 0.05) is 41.6 Å². The molecule has 2 saturated heterocycles. The molecule has 2 atom stereocenters. The van der Waals surface area contributed by atoms with E-state index in [2.05, 4.69) is 15.6 Å². The van der Waals surface area contributed by atoms with Crippen LogP contribution in [0.3, 0.4) is 0 Å². The Bertz CT molecular complexity index is 787. The Balaban J connectivity index is 1.42. The largest absolute Gasteiger partial charge is 0.488 e. The van der Waals surface area contributed by atoms with Gasteiger partial charge in [-0.05, 0) is 68.9 Å². The van der Waals surface area contributed by atoms with Crippen LogP contribution in [0.25, 0.3) is 0 Å². The number of aromatic nitrogens is 1. The number of fused-ring (bicyclic) bond motifs is 2. The van der Waals surface area contributed by atoms with Gasteiger partial charge in [0.1, 0.15) is 12.4 Å². The zero-order chi connectivity index (χ0) is 18.8. The number of carbonyl (C=O) groups excluding carboxylic acids is 1. The number of piperidine rings is 1. The van der Waals surface area contributed by atoms with Crippen molar-refractivity contribution in [1.29, 1.82) is 0 Å². The van der Waals surface area contributed by atoms with Crippen LogP contribution in [0.1, 0.15) is 52.7 Å². The summed E-state index contributed by atoms with van der Waals surface area (Å²) in [7, 11) is 0. The molecule has 0 saturated carbocycles. The van der Waals surface area contributed by atoms with Gasteiger partial charge in [0.2, 0.25) is 0 Å². The second-order valence-corrected chi connectivity index (χ2v) is 7.87. The van der Waals surface area contributed by atoms with Gasteiger partial charge in [0.05, 0.1) is 0 Å². The van der Waals surface area contributed by atoms with Gasteiger partial charge >= 0.3 is 0 Å². The van der Waals surface area contributed by atoms with E-state index >= 15 is 0 Å². The van der Waals surface area contributed by atoms with Crippen molar-refractivity contribution in [2.75, 3.05) is 0 Å². The fraction of sp³-hybridized carbons (Fsp3) is 0.455. The Kier molecular flexibility index (Phi) is 5.12. The number of hydrogen-bond acceptors (Lipinski definition) is 4. The van der Waals surface area contributed by atoms with E-state index in [0.29, 0.717) is 24.3 Å². The first kappa shape index (κ1) is 18.0. The SMILES string of the molecule is Cc1cc(C(=O)NC2CC3CCC(C2)N3)cc(C)c1OCc1cccnc1. The maximum Gasteiger partial charge on any atom is 0.251 e. The summed E-state index contributed by atoms with van der Waals surface area (Å²) in [5.74, 6) is 0.863. The maximum absolute atomic E-state index is 12.8. The van der Waals surface area contributed by atoms with E-state index in [0.717, 1.165) is 35.3 Å². The molecule has 1 aromatic carbocycles. The van der Waals surface area contributed by atoms with E-state index in [1.54, 1.807) is 12.4 Å². The van der Waals surface area contributed by atoms with Crippen molar-refractivity contribution in [1.82, 2.24) is 15.6 Å². The molecule has 0 aliphatic carbocycles. The fourth-order valence-electron chi connectivity index (χ4n) is 4.39. The average molecular weight is 365 g/mol. The van der Waals surface area contributed by atoms with Gasteiger partial charge in [0.25, 0.3) is 5.91 Å². The summed E-state index contributed by atoms with van der Waals surface area (Å²) >= 11 is 0. The van der Waals surface area contributed by atoms with Crippen LogP contribution in [0.15, 0.2) is 36.7 Å². The Morgan fingerprint density at radius 1 is 1.22 bits per heavy atom. The van der Waals surface area contributed by atoms with E-state index in [1.165, 1.54) is 12.8 Å². The quantitative estimate of drug-likeness (QED) is 0.853. The first-order valence-electron chi connectivity index (χ1n) is 9.78. The van der Waals surface area contributed by atoms with Crippen molar-refractivity contribution in [2.24, 2.45) is 0 Å². The smallest absolute Gasteiger partial charge is 0.251 e. The van der Waals surface area contributed by atoms with E-state index < -0.39 is 0 Å². The van der Waals surface area contributed by atoms with Gasteiger partial charge in [-0.1, -0.05) is 6.07 Å². The number of benzene rings is 1. The standard InChI is InChI=1S/C22H27N3O2/c1-14-8-17(22(26)25-20-10-18-5-6-19(11-20)24-18)9-15(2)21(14)27-13-16-4-3-7-23-12-16/h3-4,7-9,12,18-20,24H,5-6,10-11,13H2,1-2H3,(H,25,26). The fourth-order valence-corrected chi connectivity index (χ4v) is 4.39. The third-order valence-corrected chi connectivity index (χ3v) is 5.64. The first-order chi connectivity index (χ1) is 13.1. The van der Waals surface area contributed by atoms with Crippen LogP contribution in [-0.2, 0) is 6.61 Å². The van der Waals surface area contributed by atoms with Crippen LogP contribution in [0, 0.1) is 13.8 Å². The molecule has 2 N–H and O–H groups in total. The van der Waals surface area contributed by atoms with Crippen molar-refractivity contribution in [2.45, 2.75) is 64.3 Å². The van der Waals surface area contributed by atoms with E-state index in [1.807, 2.05) is 38.1 Å². The molecule has 4 rings (SSSR count). The molecule has 3 heterocycles. The second kappa shape index (κ2) is 7.69. The highest BCUT2D eigenvalue weighted by molar-refractivity contribution is 5.95. The molecule has 5 heteroatoms. The van der Waals surface area contributed by atoms with Gasteiger partial charge in [-0.3, -0.25) is 9.78 Å². The van der Waals surface area contributed by atoms with Gasteiger partial charge in [-0.25, -0.2) is 0 Å². The van der Waals surface area contributed by atoms with Crippen molar-refractivity contribution < 1.29 is 9.53 Å². The molecule has 0 spiro atoms. The Morgan fingerprint density at radius 2 is 1.93 bits per heavy atom. The molecular weight excluding hydrogens is 338 g/mol. The van der Waals surface area contributed by atoms with Gasteiger partial charge < -0.3 is 15.4 Å². The predicted molar refractivity (Wildman–Crippen MR) is 105 cm³/mol. The number of nitrogens with zero attached hydrogens (tertiary/aromatic N) is 1. The lowest BCUT2D eigenvalue weighted by Gasteiger charge is -2.29. The number of ether oxygens (including phenoxy) is 1. The van der Waals surface area contributed by atoms with Crippen molar-refractivity contribution in [3.05, 3.63) is 58.9 Å². The van der Waals surface area contributed by atoms with Gasteiger partial charge in [-0.2, -0.15) is 0 Å². The average Bonchev–Trinajstić information content (AvgIpc) is 3.00. The Hall–Kier alpha value is -2.40. The summed E-state index contributed by atoms with van der Waals surface area (Å²) in [4.78, 5) is 16.9. The number of pyridine rings is 1. The first-order valence-corrected chi connectivity index (χ1v) is 9.78. The molecule has 27 heavy (non-hydrogen) atoms. The third-order valence-electron chi connectivity index (χ3n) is 5.64. The lowest BCUT2D eigenvalue weighted by Crippen LogP contribution is -2.48.